The summed E-state index contributed by atoms with van der Waals surface area (Å²) in [5.41, 5.74) is 0. The van der Waals surface area contributed by atoms with Crippen molar-refractivity contribution < 1.29 is 20.3 Å². The largest absolute Gasteiger partial charge is 1.00 e. The van der Waals surface area contributed by atoms with Gasteiger partial charge in [-0.3, -0.25) is 0 Å². The van der Waals surface area contributed by atoms with E-state index in [1.54, 1.807) is 0 Å². The minimum atomic E-state index is 0. The molecule has 0 aliphatic carbocycles. The number of hydrogen-bond acceptors (Lipinski definition) is 0. The van der Waals surface area contributed by atoms with E-state index in [1.165, 1.54) is 17.3 Å². The Balaban J connectivity index is -0.0000000800. The maximum atomic E-state index is 2.22. The molecule has 0 nitrogen and oxygen atoms in total. The van der Waals surface area contributed by atoms with Crippen LogP contribution in [0.2, 0.25) is 4.47 Å². The van der Waals surface area contributed by atoms with E-state index in [4.69, 9.17) is 0 Å². The maximum Gasteiger partial charge on any atom is 1.00 e. The summed E-state index contributed by atoms with van der Waals surface area (Å²) in [4.78, 5) is 0. The number of unbranched alkanes of at least 4 members (excludes halogenated alkanes) is 1. The Labute approximate surface area is 66.6 Å². The fraction of sp³-hybridized carbons (Fsp3) is 1.00. The van der Waals surface area contributed by atoms with Crippen molar-refractivity contribution in [1.82, 2.24) is 0 Å². The van der Waals surface area contributed by atoms with Crippen LogP contribution < -0.4 is 18.9 Å². The van der Waals surface area contributed by atoms with Gasteiger partial charge in [0.05, 0.1) is 0 Å². The molecule has 0 atom stereocenters. The Hall–Kier alpha value is 1.39. The maximum absolute atomic E-state index is 2.22. The summed E-state index contributed by atoms with van der Waals surface area (Å²) < 4.78 is 1.39. The molecule has 0 aliphatic rings. The van der Waals surface area contributed by atoms with Crippen molar-refractivity contribution in [2.45, 2.75) is 24.2 Å². The van der Waals surface area contributed by atoms with E-state index in [9.17, 15) is 0 Å². The zero-order valence-electron chi connectivity index (χ0n) is 5.57. The van der Waals surface area contributed by atoms with Crippen LogP contribution in [0.4, 0.5) is 0 Å². The van der Waals surface area contributed by atoms with E-state index < -0.39 is 0 Å². The van der Waals surface area contributed by atoms with Gasteiger partial charge < -0.3 is 1.43 Å². The fourth-order valence-corrected chi connectivity index (χ4v) is 1.06. The third-order valence-electron chi connectivity index (χ3n) is 0.512. The molecule has 0 radical (unpaired) electrons. The van der Waals surface area contributed by atoms with Crippen LogP contribution in [0, 0.1) is 0 Å². The van der Waals surface area contributed by atoms with Crippen molar-refractivity contribution in [3.8, 4) is 0 Å². The standard InChI is InChI=1S/C4H10Te.Li.H/c1-2-3-4-5;;/h5H,2-4H2,1H3;;/q;+1;-1. The van der Waals surface area contributed by atoms with Gasteiger partial charge in [-0.15, -0.1) is 0 Å². The van der Waals surface area contributed by atoms with Crippen LogP contribution in [-0.4, -0.2) is 22.3 Å². The van der Waals surface area contributed by atoms with Gasteiger partial charge in [0.2, 0.25) is 0 Å². The molecular formula is C4H11LiTe. The summed E-state index contributed by atoms with van der Waals surface area (Å²) in [5.74, 6) is 0. The SMILES string of the molecule is CCCC[TeH].[H-].[Li+]. The van der Waals surface area contributed by atoms with Crippen LogP contribution in [0.3, 0.4) is 0 Å². The molecule has 0 aliphatic heterocycles. The van der Waals surface area contributed by atoms with Crippen molar-refractivity contribution in [3.63, 3.8) is 0 Å². The van der Waals surface area contributed by atoms with Crippen molar-refractivity contribution in [3.05, 3.63) is 0 Å². The van der Waals surface area contributed by atoms with Crippen LogP contribution in [-0.2, 0) is 0 Å². The first kappa shape index (κ1) is 10.4. The predicted octanol–water partition coefficient (Wildman–Crippen LogP) is -1.78. The number of rotatable bonds is 2. The van der Waals surface area contributed by atoms with Gasteiger partial charge in [-0.2, -0.15) is 0 Å². The Morgan fingerprint density at radius 3 is 2.17 bits per heavy atom. The average molecular weight is 194 g/mol. The van der Waals surface area contributed by atoms with E-state index >= 15 is 0 Å². The van der Waals surface area contributed by atoms with Gasteiger partial charge >= 0.3 is 65.4 Å². The topological polar surface area (TPSA) is 0 Å². The molecule has 34 valence electrons. The molecule has 0 bridgehead atoms. The summed E-state index contributed by atoms with van der Waals surface area (Å²) in [6.45, 7) is 2.22. The minimum absolute atomic E-state index is 0. The quantitative estimate of drug-likeness (QED) is 0.455. The third-order valence-corrected chi connectivity index (χ3v) is 1.41. The Morgan fingerprint density at radius 2 is 2.17 bits per heavy atom. The summed E-state index contributed by atoms with van der Waals surface area (Å²) in [6, 6.07) is 0. The third kappa shape index (κ3) is 9.04. The van der Waals surface area contributed by atoms with Gasteiger partial charge in [0.15, 0.2) is 0 Å². The Morgan fingerprint density at radius 1 is 1.67 bits per heavy atom. The van der Waals surface area contributed by atoms with E-state index in [0.717, 1.165) is 0 Å². The van der Waals surface area contributed by atoms with E-state index in [1.807, 2.05) is 22.3 Å². The molecule has 0 amide bonds. The van der Waals surface area contributed by atoms with E-state index in [-0.39, 0.29) is 20.3 Å². The molecule has 0 aromatic rings. The normalized spacial score (nSPS) is 7.00. The van der Waals surface area contributed by atoms with Gasteiger partial charge in [-0.1, -0.05) is 0 Å². The van der Waals surface area contributed by atoms with Crippen LogP contribution in [0.15, 0.2) is 0 Å². The summed E-state index contributed by atoms with van der Waals surface area (Å²) in [7, 11) is 0. The molecule has 0 saturated carbocycles. The van der Waals surface area contributed by atoms with Crippen molar-refractivity contribution in [2.24, 2.45) is 0 Å². The van der Waals surface area contributed by atoms with E-state index in [0.29, 0.717) is 0 Å². The van der Waals surface area contributed by atoms with E-state index in [2.05, 4.69) is 6.92 Å². The second-order valence-electron chi connectivity index (χ2n) is 1.08. The molecule has 0 heterocycles. The molecule has 0 fully saturated rings. The first-order valence-corrected chi connectivity index (χ1v) is 3.83. The average Bonchev–Trinajstić information content (AvgIpc) is 1.41. The van der Waals surface area contributed by atoms with Crippen molar-refractivity contribution in [2.75, 3.05) is 0 Å². The molecular weight excluding hydrogens is 183 g/mol. The zero-order chi connectivity index (χ0) is 4.12. The predicted molar refractivity (Wildman–Crippen MR) is 28.0 cm³/mol. The van der Waals surface area contributed by atoms with Gasteiger partial charge in [0.1, 0.15) is 0 Å². The molecule has 0 saturated heterocycles. The van der Waals surface area contributed by atoms with Gasteiger partial charge in [0, 0.05) is 0 Å². The molecule has 0 N–H and O–H groups in total. The van der Waals surface area contributed by atoms with Crippen molar-refractivity contribution in [1.29, 1.82) is 0 Å². The first-order chi connectivity index (χ1) is 2.41. The smallest absolute Gasteiger partial charge is 1.00 e. The summed E-state index contributed by atoms with van der Waals surface area (Å²) in [5, 5.41) is 0. The second-order valence-corrected chi connectivity index (χ2v) is 2.35. The molecule has 0 aromatic carbocycles. The monoisotopic (exact) mass is 196 g/mol. The van der Waals surface area contributed by atoms with Crippen molar-refractivity contribution >= 4 is 22.3 Å². The zero-order valence-corrected chi connectivity index (χ0v) is 7.12. The van der Waals surface area contributed by atoms with Gasteiger partial charge in [-0.25, -0.2) is 0 Å². The van der Waals surface area contributed by atoms with Crippen LogP contribution >= 0.6 is 0 Å². The molecule has 6 heavy (non-hydrogen) atoms. The fourth-order valence-electron chi connectivity index (χ4n) is 0.158. The first-order valence-electron chi connectivity index (χ1n) is 2.02. The van der Waals surface area contributed by atoms with Crippen LogP contribution in [0.25, 0.3) is 0 Å². The van der Waals surface area contributed by atoms with Gasteiger partial charge in [-0.05, 0) is 0 Å². The van der Waals surface area contributed by atoms with Crippen LogP contribution in [0.1, 0.15) is 21.2 Å². The molecule has 0 unspecified atom stereocenters. The summed E-state index contributed by atoms with van der Waals surface area (Å²) in [6.07, 6.45) is 2.77. The molecule has 0 spiro atoms. The Bertz CT molecular complexity index is 19.2. The Kier molecular flexibility index (Phi) is 16.7. The van der Waals surface area contributed by atoms with Crippen LogP contribution in [0.5, 0.6) is 0 Å². The summed E-state index contributed by atoms with van der Waals surface area (Å²) >= 11 is 1.92. The molecule has 2 heteroatoms. The molecule has 0 aromatic heterocycles. The minimum Gasteiger partial charge on any atom is -1.00 e. The van der Waals surface area contributed by atoms with Gasteiger partial charge in [0.25, 0.3) is 0 Å². The number of hydrogen-bond donors (Lipinski definition) is 0. The molecule has 0 rings (SSSR count). The second kappa shape index (κ2) is 9.63.